The number of allylic oxidation sites excluding steroid dienone is 1. The molecule has 0 atom stereocenters. The fourth-order valence-corrected chi connectivity index (χ4v) is 2.64. The van der Waals surface area contributed by atoms with Crippen molar-refractivity contribution in [3.63, 3.8) is 0 Å². The predicted octanol–water partition coefficient (Wildman–Crippen LogP) is 2.48. The molecule has 24 heavy (non-hydrogen) atoms. The van der Waals surface area contributed by atoms with E-state index < -0.39 is 11.9 Å². The topological polar surface area (TPSA) is 55.8 Å². The Labute approximate surface area is 142 Å². The van der Waals surface area contributed by atoms with Gasteiger partial charge in [0.15, 0.2) is 0 Å². The number of hydrogen-bond acceptors (Lipinski definition) is 5. The van der Waals surface area contributed by atoms with Gasteiger partial charge in [-0.05, 0) is 24.8 Å². The van der Waals surface area contributed by atoms with Gasteiger partial charge in [-0.3, -0.25) is 0 Å². The maximum atomic E-state index is 12.1. The van der Waals surface area contributed by atoms with Crippen molar-refractivity contribution in [1.82, 2.24) is 4.90 Å². The van der Waals surface area contributed by atoms with Crippen LogP contribution in [0.15, 0.2) is 53.8 Å². The van der Waals surface area contributed by atoms with Crippen LogP contribution in [-0.4, -0.2) is 44.1 Å². The van der Waals surface area contributed by atoms with E-state index in [0.29, 0.717) is 6.42 Å². The number of hydrogen-bond donors (Lipinski definition) is 0. The Morgan fingerprint density at radius 2 is 1.71 bits per heavy atom. The van der Waals surface area contributed by atoms with Crippen LogP contribution in [0.1, 0.15) is 18.4 Å². The largest absolute Gasteiger partial charge is 0.465 e. The molecule has 128 valence electrons. The van der Waals surface area contributed by atoms with E-state index in [2.05, 4.69) is 17.0 Å². The molecule has 0 bridgehead atoms. The highest BCUT2D eigenvalue weighted by Gasteiger charge is 2.24. The average molecular weight is 329 g/mol. The maximum absolute atomic E-state index is 12.1. The molecule has 5 nitrogen and oxygen atoms in total. The monoisotopic (exact) mass is 329 g/mol. The summed E-state index contributed by atoms with van der Waals surface area (Å²) in [6, 6.07) is 10.2. The Morgan fingerprint density at radius 3 is 2.38 bits per heavy atom. The minimum absolute atomic E-state index is 0.247. The number of carbonyl (C=O) groups is 2. The van der Waals surface area contributed by atoms with Crippen LogP contribution in [-0.2, 0) is 25.5 Å². The molecule has 0 radical (unpaired) electrons. The summed E-state index contributed by atoms with van der Waals surface area (Å²) in [5.41, 5.74) is 1.75. The summed E-state index contributed by atoms with van der Waals surface area (Å²) in [6.45, 7) is 1.58. The number of benzene rings is 1. The SMILES string of the molecule is COC(=O)C1=CCCCN(CCc2ccccc2)C=C1C(=O)OC. The molecule has 0 spiro atoms. The number of rotatable bonds is 5. The molecule has 0 unspecified atom stereocenters. The molecule has 0 aliphatic carbocycles. The van der Waals surface area contributed by atoms with Crippen molar-refractivity contribution in [2.24, 2.45) is 0 Å². The van der Waals surface area contributed by atoms with Crippen LogP contribution in [0, 0.1) is 0 Å². The maximum Gasteiger partial charge on any atom is 0.340 e. The van der Waals surface area contributed by atoms with Crippen LogP contribution in [0.3, 0.4) is 0 Å². The van der Waals surface area contributed by atoms with E-state index >= 15 is 0 Å². The van der Waals surface area contributed by atoms with Crippen molar-refractivity contribution < 1.29 is 19.1 Å². The Morgan fingerprint density at radius 1 is 1.04 bits per heavy atom. The molecule has 5 heteroatoms. The van der Waals surface area contributed by atoms with E-state index in [-0.39, 0.29) is 11.1 Å². The first-order valence-electron chi connectivity index (χ1n) is 8.02. The lowest BCUT2D eigenvalue weighted by Gasteiger charge is -2.24. The summed E-state index contributed by atoms with van der Waals surface area (Å²) in [5, 5.41) is 0. The van der Waals surface area contributed by atoms with Gasteiger partial charge in [0.25, 0.3) is 0 Å². The van der Waals surface area contributed by atoms with Gasteiger partial charge >= 0.3 is 11.9 Å². The lowest BCUT2D eigenvalue weighted by atomic mass is 10.0. The molecule has 0 N–H and O–H groups in total. The normalized spacial score (nSPS) is 14.8. The zero-order chi connectivity index (χ0) is 17.4. The standard InChI is InChI=1S/C19H23NO4/c1-23-18(21)16-10-6-7-12-20(14-17(16)19(22)24-2)13-11-15-8-4-3-5-9-15/h3-5,8-10,14H,6-7,11-13H2,1-2H3. The molecule has 0 saturated carbocycles. The summed E-state index contributed by atoms with van der Waals surface area (Å²) in [4.78, 5) is 26.2. The summed E-state index contributed by atoms with van der Waals surface area (Å²) >= 11 is 0. The molecule has 0 amide bonds. The van der Waals surface area contributed by atoms with Crippen LogP contribution in [0.25, 0.3) is 0 Å². The van der Waals surface area contributed by atoms with Gasteiger partial charge in [0.1, 0.15) is 0 Å². The molecule has 1 aliphatic heterocycles. The van der Waals surface area contributed by atoms with Gasteiger partial charge in [-0.15, -0.1) is 0 Å². The second-order valence-electron chi connectivity index (χ2n) is 5.56. The Kier molecular flexibility index (Phi) is 6.61. The van der Waals surface area contributed by atoms with Crippen LogP contribution in [0.4, 0.5) is 0 Å². The lowest BCUT2D eigenvalue weighted by Crippen LogP contribution is -2.26. The van der Waals surface area contributed by atoms with Gasteiger partial charge < -0.3 is 14.4 Å². The van der Waals surface area contributed by atoms with E-state index in [1.165, 1.54) is 19.8 Å². The molecule has 2 rings (SSSR count). The minimum Gasteiger partial charge on any atom is -0.465 e. The number of nitrogens with zero attached hydrogens (tertiary/aromatic N) is 1. The highest BCUT2D eigenvalue weighted by molar-refractivity contribution is 6.06. The Bertz CT molecular complexity index is 634. The Hall–Kier alpha value is -2.56. The van der Waals surface area contributed by atoms with Crippen molar-refractivity contribution in [3.8, 4) is 0 Å². The van der Waals surface area contributed by atoms with Crippen molar-refractivity contribution in [3.05, 3.63) is 59.3 Å². The quantitative estimate of drug-likeness (QED) is 0.777. The van der Waals surface area contributed by atoms with Gasteiger partial charge in [-0.2, -0.15) is 0 Å². The van der Waals surface area contributed by atoms with Gasteiger partial charge in [0.2, 0.25) is 0 Å². The van der Waals surface area contributed by atoms with Crippen LogP contribution in [0.2, 0.25) is 0 Å². The zero-order valence-corrected chi connectivity index (χ0v) is 14.2. The third-order valence-corrected chi connectivity index (χ3v) is 3.94. The highest BCUT2D eigenvalue weighted by Crippen LogP contribution is 2.19. The third-order valence-electron chi connectivity index (χ3n) is 3.94. The average Bonchev–Trinajstić information content (AvgIpc) is 2.61. The lowest BCUT2D eigenvalue weighted by molar-refractivity contribution is -0.139. The number of methoxy groups -OCH3 is 2. The minimum atomic E-state index is -0.529. The van der Waals surface area contributed by atoms with E-state index in [1.54, 1.807) is 12.3 Å². The van der Waals surface area contributed by atoms with Crippen molar-refractivity contribution in [2.75, 3.05) is 27.3 Å². The van der Waals surface area contributed by atoms with E-state index in [9.17, 15) is 9.59 Å². The van der Waals surface area contributed by atoms with Crippen molar-refractivity contribution in [1.29, 1.82) is 0 Å². The van der Waals surface area contributed by atoms with E-state index in [4.69, 9.17) is 9.47 Å². The smallest absolute Gasteiger partial charge is 0.340 e. The summed E-state index contributed by atoms with van der Waals surface area (Å²) in [5.74, 6) is -1.05. The molecule has 1 heterocycles. The van der Waals surface area contributed by atoms with Gasteiger partial charge in [-0.1, -0.05) is 36.4 Å². The third kappa shape index (κ3) is 4.72. The molecular formula is C19H23NO4. The van der Waals surface area contributed by atoms with E-state index in [0.717, 1.165) is 25.9 Å². The summed E-state index contributed by atoms with van der Waals surface area (Å²) in [7, 11) is 2.62. The van der Waals surface area contributed by atoms with Gasteiger partial charge in [-0.25, -0.2) is 9.59 Å². The number of ether oxygens (including phenoxy) is 2. The fourth-order valence-electron chi connectivity index (χ4n) is 2.64. The Balaban J connectivity index is 2.21. The second-order valence-corrected chi connectivity index (χ2v) is 5.56. The summed E-state index contributed by atoms with van der Waals surface area (Å²) in [6.07, 6.45) is 5.95. The fraction of sp³-hybridized carbons (Fsp3) is 0.368. The molecule has 0 aromatic heterocycles. The van der Waals surface area contributed by atoms with E-state index in [1.807, 2.05) is 18.2 Å². The van der Waals surface area contributed by atoms with Gasteiger partial charge in [0, 0.05) is 19.3 Å². The predicted molar refractivity (Wildman–Crippen MR) is 91.2 cm³/mol. The van der Waals surface area contributed by atoms with Crippen molar-refractivity contribution >= 4 is 11.9 Å². The number of esters is 2. The molecule has 1 aliphatic rings. The van der Waals surface area contributed by atoms with Crippen LogP contribution in [0.5, 0.6) is 0 Å². The van der Waals surface area contributed by atoms with Crippen molar-refractivity contribution in [2.45, 2.75) is 19.3 Å². The first kappa shape index (κ1) is 17.8. The zero-order valence-electron chi connectivity index (χ0n) is 14.2. The highest BCUT2D eigenvalue weighted by atomic mass is 16.5. The first-order valence-corrected chi connectivity index (χ1v) is 8.02. The summed E-state index contributed by atoms with van der Waals surface area (Å²) < 4.78 is 9.64. The molecule has 0 saturated heterocycles. The molecule has 1 aromatic rings. The molecule has 1 aromatic carbocycles. The van der Waals surface area contributed by atoms with Crippen LogP contribution < -0.4 is 0 Å². The van der Waals surface area contributed by atoms with Crippen LogP contribution >= 0.6 is 0 Å². The second kappa shape index (κ2) is 8.91. The first-order chi connectivity index (χ1) is 11.7. The number of carbonyl (C=O) groups excluding carboxylic acids is 2. The molecular weight excluding hydrogens is 306 g/mol. The molecule has 0 fully saturated rings. The van der Waals surface area contributed by atoms with Gasteiger partial charge in [0.05, 0.1) is 25.4 Å².